The lowest BCUT2D eigenvalue weighted by molar-refractivity contribution is -0.0453. The summed E-state index contributed by atoms with van der Waals surface area (Å²) in [7, 11) is -5.49. The maximum Gasteiger partial charge on any atom is 0.511 e. The molecule has 4 nitrogen and oxygen atoms in total. The third-order valence-electron chi connectivity index (χ3n) is 5.09. The molecule has 2 aromatic carbocycles. The summed E-state index contributed by atoms with van der Waals surface area (Å²) >= 11 is 0. The number of fused-ring (bicyclic) bond motifs is 1. The van der Waals surface area contributed by atoms with E-state index >= 15 is 0 Å². The first-order valence-electron chi connectivity index (χ1n) is 7.74. The van der Waals surface area contributed by atoms with Crippen LogP contribution in [0.2, 0.25) is 0 Å². The Morgan fingerprint density at radius 3 is 1.64 bits per heavy atom. The first-order valence-corrected chi connectivity index (χ1v) is 9.22. The second-order valence-electron chi connectivity index (χ2n) is 6.38. The number of nitrogens with one attached hydrogen (secondary N) is 1. The first kappa shape index (κ1) is 16.6. The minimum absolute atomic E-state index is 0.349. The van der Waals surface area contributed by atoms with Crippen molar-refractivity contribution < 1.29 is 21.6 Å². The van der Waals surface area contributed by atoms with Gasteiger partial charge in [-0.3, -0.25) is 0 Å². The van der Waals surface area contributed by atoms with Crippen LogP contribution in [-0.4, -0.2) is 26.0 Å². The Morgan fingerprint density at radius 1 is 0.840 bits per heavy atom. The summed E-state index contributed by atoms with van der Waals surface area (Å²) in [5.74, 6) is -0.900. The van der Waals surface area contributed by atoms with Gasteiger partial charge in [-0.2, -0.15) is 13.2 Å². The standard InChI is InChI=1S/C17H15F3N2O2S/c18-17(19,20)25(23,24)22-16-14-11-7-3-1-5-9(11)13(15(16)21)10-6-2-4-8-12(10)14/h1-8,13-16,22H,21H2/t13?,14?,15-,16-/m0/s1. The number of sulfonamides is 1. The SMILES string of the molecule is N[C@H]1C2c3ccccc3C(c3ccccc32)[C@@H]1NS(=O)(=O)C(F)(F)F. The largest absolute Gasteiger partial charge is 0.511 e. The third kappa shape index (κ3) is 2.32. The molecule has 2 bridgehead atoms. The third-order valence-corrected chi connectivity index (χ3v) is 6.28. The van der Waals surface area contributed by atoms with E-state index in [0.717, 1.165) is 22.3 Å². The van der Waals surface area contributed by atoms with E-state index in [9.17, 15) is 21.6 Å². The normalized spacial score (nSPS) is 27.7. The molecule has 2 atom stereocenters. The molecule has 132 valence electrons. The zero-order chi connectivity index (χ0) is 18.0. The van der Waals surface area contributed by atoms with Gasteiger partial charge in [0.2, 0.25) is 0 Å². The highest BCUT2D eigenvalue weighted by molar-refractivity contribution is 7.90. The number of hydrogen-bond acceptors (Lipinski definition) is 3. The lowest BCUT2D eigenvalue weighted by atomic mass is 9.59. The summed E-state index contributed by atoms with van der Waals surface area (Å²) in [6, 6.07) is 12.9. The molecule has 0 saturated carbocycles. The van der Waals surface area contributed by atoms with E-state index in [0.29, 0.717) is 0 Å². The lowest BCUT2D eigenvalue weighted by Crippen LogP contribution is -2.60. The van der Waals surface area contributed by atoms with Crippen LogP contribution in [0.15, 0.2) is 48.5 Å². The van der Waals surface area contributed by atoms with Gasteiger partial charge < -0.3 is 5.73 Å². The Bertz CT molecular complexity index is 895. The van der Waals surface area contributed by atoms with E-state index in [1.165, 1.54) is 0 Å². The smallest absolute Gasteiger partial charge is 0.325 e. The van der Waals surface area contributed by atoms with Gasteiger partial charge in [-0.15, -0.1) is 0 Å². The molecule has 0 unspecified atom stereocenters. The Balaban J connectivity index is 1.88. The van der Waals surface area contributed by atoms with Crippen LogP contribution >= 0.6 is 0 Å². The summed E-state index contributed by atoms with van der Waals surface area (Å²) in [4.78, 5) is 0. The Labute approximate surface area is 142 Å². The van der Waals surface area contributed by atoms with Gasteiger partial charge >= 0.3 is 15.5 Å². The van der Waals surface area contributed by atoms with E-state index in [4.69, 9.17) is 5.73 Å². The molecule has 0 heterocycles. The molecule has 0 aromatic heterocycles. The van der Waals surface area contributed by atoms with Crippen molar-refractivity contribution in [2.24, 2.45) is 5.73 Å². The molecule has 0 fully saturated rings. The molecule has 25 heavy (non-hydrogen) atoms. The fourth-order valence-corrected chi connectivity index (χ4v) is 4.90. The molecule has 3 N–H and O–H groups in total. The van der Waals surface area contributed by atoms with Crippen molar-refractivity contribution in [1.29, 1.82) is 0 Å². The highest BCUT2D eigenvalue weighted by atomic mass is 32.2. The van der Waals surface area contributed by atoms with Gasteiger partial charge in [0.15, 0.2) is 0 Å². The molecule has 0 amide bonds. The first-order chi connectivity index (χ1) is 11.7. The van der Waals surface area contributed by atoms with Crippen molar-refractivity contribution in [3.05, 3.63) is 70.8 Å². The second-order valence-corrected chi connectivity index (χ2v) is 8.09. The van der Waals surface area contributed by atoms with E-state index in [-0.39, 0.29) is 5.92 Å². The van der Waals surface area contributed by atoms with Gasteiger partial charge in [0.25, 0.3) is 0 Å². The maximum atomic E-state index is 12.9. The summed E-state index contributed by atoms with van der Waals surface area (Å²) in [6.45, 7) is 0. The predicted octanol–water partition coefficient (Wildman–Crippen LogP) is 2.41. The minimum atomic E-state index is -5.49. The second kappa shape index (κ2) is 5.30. The van der Waals surface area contributed by atoms with Gasteiger partial charge in [-0.1, -0.05) is 48.5 Å². The van der Waals surface area contributed by atoms with E-state index in [1.54, 1.807) is 12.1 Å². The minimum Gasteiger partial charge on any atom is -0.325 e. The van der Waals surface area contributed by atoms with Crippen LogP contribution < -0.4 is 10.5 Å². The number of halogens is 3. The van der Waals surface area contributed by atoms with Crippen molar-refractivity contribution in [3.8, 4) is 0 Å². The molecule has 0 spiro atoms. The molecule has 5 rings (SSSR count). The van der Waals surface area contributed by atoms with E-state index < -0.39 is 33.5 Å². The summed E-state index contributed by atoms with van der Waals surface area (Å²) in [6.07, 6.45) is 0. The van der Waals surface area contributed by atoms with Crippen molar-refractivity contribution in [2.75, 3.05) is 0 Å². The zero-order valence-electron chi connectivity index (χ0n) is 12.9. The molecule has 3 aliphatic rings. The number of alkyl halides is 3. The van der Waals surface area contributed by atoms with Crippen molar-refractivity contribution in [2.45, 2.75) is 29.4 Å². The van der Waals surface area contributed by atoms with Crippen LogP contribution in [0.1, 0.15) is 34.1 Å². The van der Waals surface area contributed by atoms with Gasteiger partial charge in [-0.25, -0.2) is 13.1 Å². The average Bonchev–Trinajstić information content (AvgIpc) is 2.55. The Kier molecular flexibility index (Phi) is 3.51. The highest BCUT2D eigenvalue weighted by Crippen LogP contribution is 2.52. The topological polar surface area (TPSA) is 72.2 Å². The zero-order valence-corrected chi connectivity index (χ0v) is 13.7. The molecular formula is C17H15F3N2O2S. The van der Waals surface area contributed by atoms with Gasteiger partial charge in [-0.05, 0) is 22.3 Å². The molecule has 8 heteroatoms. The fraction of sp³-hybridized carbons (Fsp3) is 0.294. The van der Waals surface area contributed by atoms with Crippen LogP contribution in [0.25, 0.3) is 0 Å². The van der Waals surface area contributed by atoms with Crippen LogP contribution in [0.3, 0.4) is 0 Å². The molecule has 0 aliphatic heterocycles. The number of rotatable bonds is 2. The van der Waals surface area contributed by atoms with Gasteiger partial charge in [0.05, 0.1) is 0 Å². The number of benzene rings is 2. The molecular weight excluding hydrogens is 353 g/mol. The van der Waals surface area contributed by atoms with Crippen molar-refractivity contribution in [3.63, 3.8) is 0 Å². The van der Waals surface area contributed by atoms with Gasteiger partial charge in [0.1, 0.15) is 0 Å². The number of nitrogens with two attached hydrogens (primary N) is 1. The number of hydrogen-bond donors (Lipinski definition) is 2. The monoisotopic (exact) mass is 368 g/mol. The van der Waals surface area contributed by atoms with Gasteiger partial charge in [0, 0.05) is 23.9 Å². The maximum absolute atomic E-state index is 12.9. The molecule has 0 radical (unpaired) electrons. The lowest BCUT2D eigenvalue weighted by Gasteiger charge is -2.49. The molecule has 3 aliphatic carbocycles. The Morgan fingerprint density at radius 2 is 1.24 bits per heavy atom. The van der Waals surface area contributed by atoms with Crippen LogP contribution in [-0.2, 0) is 10.0 Å². The summed E-state index contributed by atoms with van der Waals surface area (Å²) < 4.78 is 63.7. The van der Waals surface area contributed by atoms with E-state index in [2.05, 4.69) is 0 Å². The molecule has 0 saturated heterocycles. The summed E-state index contributed by atoms with van der Waals surface area (Å²) in [5, 5.41) is 0. The summed E-state index contributed by atoms with van der Waals surface area (Å²) in [5.41, 5.74) is 4.41. The Hall–Kier alpha value is -1.90. The van der Waals surface area contributed by atoms with E-state index in [1.807, 2.05) is 41.1 Å². The predicted molar refractivity (Wildman–Crippen MR) is 86.4 cm³/mol. The fourth-order valence-electron chi connectivity index (χ4n) is 4.11. The average molecular weight is 368 g/mol. The highest BCUT2D eigenvalue weighted by Gasteiger charge is 2.53. The van der Waals surface area contributed by atoms with Crippen LogP contribution in [0.5, 0.6) is 0 Å². The van der Waals surface area contributed by atoms with Crippen molar-refractivity contribution in [1.82, 2.24) is 4.72 Å². The van der Waals surface area contributed by atoms with Crippen molar-refractivity contribution >= 4 is 10.0 Å². The quantitative estimate of drug-likeness (QED) is 0.855. The van der Waals surface area contributed by atoms with Crippen LogP contribution in [0.4, 0.5) is 13.2 Å². The molecule has 2 aromatic rings. The van der Waals surface area contributed by atoms with Crippen LogP contribution in [0, 0.1) is 0 Å².